The van der Waals surface area contributed by atoms with E-state index < -0.39 is 29.4 Å². The number of halogens is 3. The number of benzene rings is 3. The minimum atomic E-state index is -0.699. The van der Waals surface area contributed by atoms with E-state index in [2.05, 4.69) is 31.9 Å². The summed E-state index contributed by atoms with van der Waals surface area (Å²) in [6, 6.07) is 18.3. The minimum absolute atomic E-state index is 0.349. The van der Waals surface area contributed by atoms with Crippen LogP contribution in [0.25, 0.3) is 0 Å². The van der Waals surface area contributed by atoms with Gasteiger partial charge >= 0.3 is 0 Å². The van der Waals surface area contributed by atoms with Crippen LogP contribution in [0.1, 0.15) is 25.3 Å². The highest BCUT2D eigenvalue weighted by Gasteiger charge is 2.36. The Morgan fingerprint density at radius 3 is 1.66 bits per heavy atom. The normalized spacial score (nSPS) is 14.0. The summed E-state index contributed by atoms with van der Waals surface area (Å²) in [5.74, 6) is -2.38. The molecule has 3 aromatic rings. The SMILES string of the molecule is CC1=C(C(=O)Nc2ccc(F)cc2)C(c2cccc(Br)c2)C(C(=O)Nc2ccc(F)cc2)=C(C)N1. The van der Waals surface area contributed by atoms with Crippen LogP contribution in [0.4, 0.5) is 20.2 Å². The van der Waals surface area contributed by atoms with Gasteiger partial charge in [-0.15, -0.1) is 0 Å². The van der Waals surface area contributed by atoms with Gasteiger partial charge in [0.2, 0.25) is 0 Å². The second-order valence-electron chi connectivity index (χ2n) is 8.11. The van der Waals surface area contributed by atoms with Crippen molar-refractivity contribution in [3.05, 3.63) is 117 Å². The van der Waals surface area contributed by atoms with Crippen molar-refractivity contribution >= 4 is 39.1 Å². The van der Waals surface area contributed by atoms with E-state index in [-0.39, 0.29) is 0 Å². The first-order valence-corrected chi connectivity index (χ1v) is 11.6. The van der Waals surface area contributed by atoms with Gasteiger partial charge in [0, 0.05) is 44.3 Å². The Kier molecular flexibility index (Phi) is 7.12. The van der Waals surface area contributed by atoms with E-state index in [1.54, 1.807) is 13.8 Å². The zero-order valence-corrected chi connectivity index (χ0v) is 20.5. The van der Waals surface area contributed by atoms with Crippen LogP contribution >= 0.6 is 15.9 Å². The smallest absolute Gasteiger partial charge is 0.254 e. The number of rotatable bonds is 5. The Hall–Kier alpha value is -3.78. The third-order valence-electron chi connectivity index (χ3n) is 5.64. The fraction of sp³-hybridized carbons (Fsp3) is 0.111. The molecule has 178 valence electrons. The van der Waals surface area contributed by atoms with E-state index in [4.69, 9.17) is 0 Å². The van der Waals surface area contributed by atoms with Crippen molar-refractivity contribution in [1.29, 1.82) is 0 Å². The molecule has 2 amide bonds. The number of allylic oxidation sites excluding steroid dienone is 2. The molecule has 5 nitrogen and oxygen atoms in total. The average molecular weight is 538 g/mol. The number of carbonyl (C=O) groups is 2. The van der Waals surface area contributed by atoms with Gasteiger partial charge in [0.05, 0.1) is 0 Å². The number of dihydropyridines is 1. The van der Waals surface area contributed by atoms with Crippen molar-refractivity contribution in [3.63, 3.8) is 0 Å². The average Bonchev–Trinajstić information content (AvgIpc) is 2.81. The number of anilines is 2. The second-order valence-corrected chi connectivity index (χ2v) is 9.03. The van der Waals surface area contributed by atoms with Crippen LogP contribution < -0.4 is 16.0 Å². The molecule has 35 heavy (non-hydrogen) atoms. The third-order valence-corrected chi connectivity index (χ3v) is 6.13. The lowest BCUT2D eigenvalue weighted by Gasteiger charge is -2.31. The standard InChI is InChI=1S/C27H22BrF2N3O2/c1-15-23(26(34)32-21-10-6-19(29)7-11-21)25(17-4-3-5-18(28)14-17)24(16(2)31-15)27(35)33-22-12-8-20(30)9-13-22/h3-14,25,31H,1-2H3,(H,32,34)(H,33,35). The lowest BCUT2D eigenvalue weighted by Crippen LogP contribution is -2.35. The van der Waals surface area contributed by atoms with Crippen molar-refractivity contribution in [2.45, 2.75) is 19.8 Å². The number of hydrogen-bond acceptors (Lipinski definition) is 3. The molecule has 3 aromatic carbocycles. The van der Waals surface area contributed by atoms with E-state index in [9.17, 15) is 18.4 Å². The summed E-state index contributed by atoms with van der Waals surface area (Å²) in [6.07, 6.45) is 0. The molecule has 0 fully saturated rings. The van der Waals surface area contributed by atoms with E-state index in [1.165, 1.54) is 48.5 Å². The Morgan fingerprint density at radius 2 is 1.23 bits per heavy atom. The lowest BCUT2D eigenvalue weighted by molar-refractivity contribution is -0.113. The number of hydrogen-bond donors (Lipinski definition) is 3. The summed E-state index contributed by atoms with van der Waals surface area (Å²) >= 11 is 3.47. The molecule has 0 saturated carbocycles. The predicted molar refractivity (Wildman–Crippen MR) is 135 cm³/mol. The van der Waals surface area contributed by atoms with Gasteiger partial charge in [-0.05, 0) is 80.1 Å². The Balaban J connectivity index is 1.75. The van der Waals surface area contributed by atoms with Crippen LogP contribution in [0.15, 0.2) is 99.8 Å². The van der Waals surface area contributed by atoms with Crippen LogP contribution in [-0.2, 0) is 9.59 Å². The predicted octanol–water partition coefficient (Wildman–Crippen LogP) is 6.24. The van der Waals surface area contributed by atoms with Crippen LogP contribution in [0.5, 0.6) is 0 Å². The molecule has 0 unspecified atom stereocenters. The van der Waals surface area contributed by atoms with Crippen molar-refractivity contribution < 1.29 is 18.4 Å². The van der Waals surface area contributed by atoms with Crippen molar-refractivity contribution in [3.8, 4) is 0 Å². The van der Waals surface area contributed by atoms with Gasteiger partial charge in [-0.3, -0.25) is 9.59 Å². The number of amides is 2. The van der Waals surface area contributed by atoms with Crippen LogP contribution in [-0.4, -0.2) is 11.8 Å². The molecule has 0 aromatic heterocycles. The maximum Gasteiger partial charge on any atom is 0.254 e. The molecule has 1 aliphatic rings. The molecular formula is C27H22BrF2N3O2. The molecule has 0 aliphatic carbocycles. The first kappa shape index (κ1) is 24.3. The Morgan fingerprint density at radius 1 is 0.771 bits per heavy atom. The zero-order chi connectivity index (χ0) is 25.1. The van der Waals surface area contributed by atoms with Crippen molar-refractivity contribution in [2.75, 3.05) is 10.6 Å². The van der Waals surface area contributed by atoms with Gasteiger partial charge in [0.25, 0.3) is 11.8 Å². The first-order chi connectivity index (χ1) is 16.7. The topological polar surface area (TPSA) is 70.2 Å². The summed E-state index contributed by atoms with van der Waals surface area (Å²) in [7, 11) is 0. The maximum atomic E-state index is 13.5. The monoisotopic (exact) mass is 537 g/mol. The summed E-state index contributed by atoms with van der Waals surface area (Å²) < 4.78 is 27.5. The highest BCUT2D eigenvalue weighted by atomic mass is 79.9. The van der Waals surface area contributed by atoms with Gasteiger partial charge in [-0.2, -0.15) is 0 Å². The van der Waals surface area contributed by atoms with Gasteiger partial charge < -0.3 is 16.0 Å². The van der Waals surface area contributed by atoms with E-state index >= 15 is 0 Å². The zero-order valence-electron chi connectivity index (χ0n) is 19.0. The summed E-state index contributed by atoms with van der Waals surface area (Å²) in [5.41, 5.74) is 3.45. The van der Waals surface area contributed by atoms with Crippen LogP contribution in [0.2, 0.25) is 0 Å². The van der Waals surface area contributed by atoms with Crippen molar-refractivity contribution in [1.82, 2.24) is 5.32 Å². The van der Waals surface area contributed by atoms with Crippen LogP contribution in [0, 0.1) is 11.6 Å². The first-order valence-electron chi connectivity index (χ1n) is 10.8. The van der Waals surface area contributed by atoms with Crippen molar-refractivity contribution in [2.24, 2.45) is 0 Å². The maximum absolute atomic E-state index is 13.5. The van der Waals surface area contributed by atoms with Gasteiger partial charge in [0.1, 0.15) is 11.6 Å². The molecule has 0 spiro atoms. The van der Waals surface area contributed by atoms with Gasteiger partial charge in [-0.25, -0.2) is 8.78 Å². The summed E-state index contributed by atoms with van der Waals surface area (Å²) in [4.78, 5) is 27.0. The largest absolute Gasteiger partial charge is 0.362 e. The molecule has 4 rings (SSSR count). The Bertz CT molecular complexity index is 1270. The third kappa shape index (κ3) is 5.49. The number of carbonyl (C=O) groups excluding carboxylic acids is 2. The molecule has 0 radical (unpaired) electrons. The fourth-order valence-electron chi connectivity index (χ4n) is 4.08. The Labute approximate surface area is 210 Å². The molecule has 1 heterocycles. The molecule has 8 heteroatoms. The molecule has 0 atom stereocenters. The minimum Gasteiger partial charge on any atom is -0.362 e. The quantitative estimate of drug-likeness (QED) is 0.360. The van der Waals surface area contributed by atoms with E-state index in [1.807, 2.05) is 24.3 Å². The molecule has 0 bridgehead atoms. The second kappa shape index (κ2) is 10.2. The van der Waals surface area contributed by atoms with Crippen LogP contribution in [0.3, 0.4) is 0 Å². The van der Waals surface area contributed by atoms with Gasteiger partial charge in [0.15, 0.2) is 0 Å². The molecular weight excluding hydrogens is 516 g/mol. The summed E-state index contributed by atoms with van der Waals surface area (Å²) in [6.45, 7) is 3.53. The number of nitrogens with one attached hydrogen (secondary N) is 3. The molecule has 0 saturated heterocycles. The summed E-state index contributed by atoms with van der Waals surface area (Å²) in [5, 5.41) is 8.76. The highest BCUT2D eigenvalue weighted by Crippen LogP contribution is 2.40. The molecule has 3 N–H and O–H groups in total. The molecule has 1 aliphatic heterocycles. The van der Waals surface area contributed by atoms with Gasteiger partial charge in [-0.1, -0.05) is 28.1 Å². The van der Waals surface area contributed by atoms with E-state index in [0.717, 1.165) is 10.0 Å². The van der Waals surface area contributed by atoms with E-state index in [0.29, 0.717) is 33.9 Å². The highest BCUT2D eigenvalue weighted by molar-refractivity contribution is 9.10. The fourth-order valence-corrected chi connectivity index (χ4v) is 4.50. The lowest BCUT2D eigenvalue weighted by atomic mass is 9.79.